The van der Waals surface area contributed by atoms with Crippen LogP contribution < -0.4 is 15.5 Å². The minimum Gasteiger partial charge on any atom is -0.362 e. The largest absolute Gasteiger partial charge is 0.362 e. The van der Waals surface area contributed by atoms with Crippen molar-refractivity contribution >= 4 is 28.8 Å². The second kappa shape index (κ2) is 9.94. The molecule has 1 aliphatic carbocycles. The minimum atomic E-state index is -0.185. The van der Waals surface area contributed by atoms with Gasteiger partial charge in [0.1, 0.15) is 11.6 Å². The number of nitrogens with zero attached hydrogens (tertiary/aromatic N) is 2. The molecule has 2 fully saturated rings. The number of hydrogen-bond acceptors (Lipinski definition) is 3. The highest BCUT2D eigenvalue weighted by atomic mass is 32.1. The van der Waals surface area contributed by atoms with E-state index in [0.29, 0.717) is 5.11 Å². The van der Waals surface area contributed by atoms with Gasteiger partial charge >= 0.3 is 0 Å². The Labute approximate surface area is 190 Å². The van der Waals surface area contributed by atoms with E-state index in [4.69, 9.17) is 12.2 Å². The number of aromatic nitrogens is 1. The summed E-state index contributed by atoms with van der Waals surface area (Å²) in [7, 11) is 0. The molecule has 166 valence electrons. The van der Waals surface area contributed by atoms with Gasteiger partial charge in [0.25, 0.3) is 0 Å². The fourth-order valence-corrected chi connectivity index (χ4v) is 5.26. The van der Waals surface area contributed by atoms with E-state index in [1.165, 1.54) is 37.7 Å². The van der Waals surface area contributed by atoms with E-state index in [1.54, 1.807) is 12.1 Å². The molecule has 1 saturated heterocycles. The lowest BCUT2D eigenvalue weighted by Crippen LogP contribution is -2.43. The number of nitrogens with one attached hydrogen (secondary N) is 2. The number of hydrogen-bond donors (Lipinski definition) is 2. The van der Waals surface area contributed by atoms with Crippen LogP contribution in [0.2, 0.25) is 0 Å². The Morgan fingerprint density at radius 1 is 1.13 bits per heavy atom. The van der Waals surface area contributed by atoms with Gasteiger partial charge in [-0.2, -0.15) is 0 Å². The van der Waals surface area contributed by atoms with Gasteiger partial charge in [0.05, 0.1) is 11.9 Å². The predicted molar refractivity (Wildman–Crippen MR) is 130 cm³/mol. The molecule has 0 amide bonds. The van der Waals surface area contributed by atoms with E-state index >= 15 is 0 Å². The van der Waals surface area contributed by atoms with Gasteiger partial charge in [0.15, 0.2) is 5.11 Å². The summed E-state index contributed by atoms with van der Waals surface area (Å²) in [5.74, 6) is 1.57. The summed E-state index contributed by atoms with van der Waals surface area (Å²) in [5.41, 5.74) is 2.10. The molecule has 1 aromatic heterocycles. The summed E-state index contributed by atoms with van der Waals surface area (Å²) in [6.45, 7) is 5.21. The molecule has 1 aliphatic heterocycles. The maximum absolute atomic E-state index is 13.4. The average Bonchev–Trinajstić information content (AvgIpc) is 2.79. The van der Waals surface area contributed by atoms with Crippen molar-refractivity contribution in [3.63, 3.8) is 0 Å². The number of rotatable bonds is 5. The number of anilines is 2. The number of pyridine rings is 1. The summed E-state index contributed by atoms with van der Waals surface area (Å²) >= 11 is 5.58. The Morgan fingerprint density at radius 3 is 2.58 bits per heavy atom. The van der Waals surface area contributed by atoms with Crippen LogP contribution in [0.4, 0.5) is 15.9 Å². The van der Waals surface area contributed by atoms with Gasteiger partial charge in [-0.25, -0.2) is 9.37 Å². The molecule has 0 radical (unpaired) electrons. The third-order valence-electron chi connectivity index (χ3n) is 6.84. The van der Waals surface area contributed by atoms with Crippen molar-refractivity contribution in [1.82, 2.24) is 10.3 Å². The van der Waals surface area contributed by atoms with Gasteiger partial charge in [-0.3, -0.25) is 0 Å². The summed E-state index contributed by atoms with van der Waals surface area (Å²) < 4.78 is 13.4. The van der Waals surface area contributed by atoms with Crippen molar-refractivity contribution < 1.29 is 4.39 Å². The zero-order valence-electron chi connectivity index (χ0n) is 18.4. The fraction of sp³-hybridized carbons (Fsp3) is 0.520. The van der Waals surface area contributed by atoms with Crippen molar-refractivity contribution in [3.8, 4) is 0 Å². The van der Waals surface area contributed by atoms with Gasteiger partial charge in [0, 0.05) is 25.0 Å². The maximum Gasteiger partial charge on any atom is 0.170 e. The average molecular weight is 441 g/mol. The van der Waals surface area contributed by atoms with Crippen molar-refractivity contribution in [1.29, 1.82) is 0 Å². The van der Waals surface area contributed by atoms with Crippen molar-refractivity contribution in [2.45, 2.75) is 57.3 Å². The Hall–Kier alpha value is -2.21. The highest BCUT2D eigenvalue weighted by Gasteiger charge is 2.34. The molecule has 0 spiro atoms. The monoisotopic (exact) mass is 440 g/mol. The second-order valence-electron chi connectivity index (χ2n) is 9.25. The predicted octanol–water partition coefficient (Wildman–Crippen LogP) is 5.65. The number of thiocarbonyl (C=S) groups is 1. The lowest BCUT2D eigenvalue weighted by Gasteiger charge is -2.38. The van der Waals surface area contributed by atoms with E-state index in [-0.39, 0.29) is 11.2 Å². The van der Waals surface area contributed by atoms with Crippen LogP contribution in [-0.4, -0.2) is 29.7 Å². The number of halogens is 1. The van der Waals surface area contributed by atoms with Gasteiger partial charge in [-0.05, 0) is 73.6 Å². The molecule has 4 rings (SSSR count). The molecule has 0 bridgehead atoms. The normalized spacial score (nSPS) is 20.8. The third-order valence-corrected chi connectivity index (χ3v) is 7.09. The van der Waals surface area contributed by atoms with Crippen LogP contribution in [0.1, 0.15) is 57.4 Å². The van der Waals surface area contributed by atoms with Crippen molar-refractivity contribution in [2.24, 2.45) is 5.92 Å². The smallest absolute Gasteiger partial charge is 0.170 e. The Kier molecular flexibility index (Phi) is 7.06. The summed E-state index contributed by atoms with van der Waals surface area (Å²) in [6.07, 6.45) is 10.2. The van der Waals surface area contributed by atoms with Crippen LogP contribution in [0.25, 0.3) is 0 Å². The standard InChI is InChI=1S/C25H33FN4S/c1-19-6-5-15-30(17-19)23-12-11-22(16-27-23)29-24(31)28-18-25(13-3-2-4-14-25)20-7-9-21(26)10-8-20/h7-12,16,19H,2-6,13-15,17-18H2,1H3,(H2,28,29,31)/t19-/m0/s1. The van der Waals surface area contributed by atoms with Crippen molar-refractivity contribution in [3.05, 3.63) is 54.0 Å². The quantitative estimate of drug-likeness (QED) is 0.588. The van der Waals surface area contributed by atoms with Crippen LogP contribution in [0, 0.1) is 11.7 Å². The molecular formula is C25H33FN4S. The molecule has 1 aromatic carbocycles. The first-order chi connectivity index (χ1) is 15.0. The Morgan fingerprint density at radius 2 is 1.90 bits per heavy atom. The van der Waals surface area contributed by atoms with Crippen LogP contribution >= 0.6 is 12.2 Å². The van der Waals surface area contributed by atoms with E-state index in [9.17, 15) is 4.39 Å². The summed E-state index contributed by atoms with van der Waals surface area (Å²) in [6, 6.07) is 11.1. The molecule has 2 aliphatic rings. The van der Waals surface area contributed by atoms with Crippen LogP contribution in [0.15, 0.2) is 42.6 Å². The molecule has 1 saturated carbocycles. The van der Waals surface area contributed by atoms with Crippen LogP contribution in [0.3, 0.4) is 0 Å². The molecule has 2 heterocycles. The first kappa shape index (κ1) is 22.0. The summed E-state index contributed by atoms with van der Waals surface area (Å²) in [5, 5.41) is 7.31. The second-order valence-corrected chi connectivity index (χ2v) is 9.66. The molecule has 2 aromatic rings. The minimum absolute atomic E-state index is 0.00472. The molecule has 0 unspecified atom stereocenters. The number of piperidine rings is 1. The fourth-order valence-electron chi connectivity index (χ4n) is 5.07. The molecule has 4 nitrogen and oxygen atoms in total. The van der Waals surface area contributed by atoms with Crippen molar-refractivity contribution in [2.75, 3.05) is 29.9 Å². The highest BCUT2D eigenvalue weighted by molar-refractivity contribution is 7.80. The number of benzene rings is 1. The SMILES string of the molecule is C[C@H]1CCCN(c2ccc(NC(=S)NCC3(c4ccc(F)cc4)CCCCC3)cn2)C1. The van der Waals surface area contributed by atoms with Crippen LogP contribution in [0.5, 0.6) is 0 Å². The van der Waals surface area contributed by atoms with Gasteiger partial charge in [-0.1, -0.05) is 38.3 Å². The lowest BCUT2D eigenvalue weighted by atomic mass is 9.69. The highest BCUT2D eigenvalue weighted by Crippen LogP contribution is 2.39. The lowest BCUT2D eigenvalue weighted by molar-refractivity contribution is 0.292. The topological polar surface area (TPSA) is 40.2 Å². The molecule has 31 heavy (non-hydrogen) atoms. The first-order valence-electron chi connectivity index (χ1n) is 11.6. The zero-order valence-corrected chi connectivity index (χ0v) is 19.2. The van der Waals surface area contributed by atoms with Gasteiger partial charge in [0.2, 0.25) is 0 Å². The summed E-state index contributed by atoms with van der Waals surface area (Å²) in [4.78, 5) is 7.01. The molecule has 2 N–H and O–H groups in total. The molecule has 1 atom stereocenters. The molecular weight excluding hydrogens is 407 g/mol. The van der Waals surface area contributed by atoms with E-state index in [0.717, 1.165) is 49.9 Å². The zero-order chi connectivity index (χ0) is 21.7. The van der Waals surface area contributed by atoms with Crippen LogP contribution in [-0.2, 0) is 5.41 Å². The van der Waals surface area contributed by atoms with Gasteiger partial charge in [-0.15, -0.1) is 0 Å². The Balaban J connectivity index is 1.35. The third kappa shape index (κ3) is 5.53. The Bertz CT molecular complexity index is 862. The van der Waals surface area contributed by atoms with E-state index in [1.807, 2.05) is 24.4 Å². The van der Waals surface area contributed by atoms with E-state index in [2.05, 4.69) is 33.5 Å². The maximum atomic E-state index is 13.4. The molecule has 6 heteroatoms. The van der Waals surface area contributed by atoms with Gasteiger partial charge < -0.3 is 15.5 Å². The first-order valence-corrected chi connectivity index (χ1v) is 12.0. The van der Waals surface area contributed by atoms with E-state index < -0.39 is 0 Å².